The van der Waals surface area contributed by atoms with Crippen LogP contribution in [0.5, 0.6) is 0 Å². The van der Waals surface area contributed by atoms with Gasteiger partial charge in [-0.2, -0.15) is 4.98 Å². The van der Waals surface area contributed by atoms with Crippen molar-refractivity contribution in [2.24, 2.45) is 0 Å². The summed E-state index contributed by atoms with van der Waals surface area (Å²) in [6.07, 6.45) is 0. The molecule has 106 valence electrons. The van der Waals surface area contributed by atoms with Crippen LogP contribution in [-0.4, -0.2) is 47.0 Å². The molecule has 0 bridgehead atoms. The fraction of sp³-hybridized carbons (Fsp3) is 0.615. The van der Waals surface area contributed by atoms with Gasteiger partial charge in [0.15, 0.2) is 0 Å². The van der Waals surface area contributed by atoms with Gasteiger partial charge in [-0.3, -0.25) is 4.79 Å². The monoisotopic (exact) mass is 265 g/mol. The third-order valence-electron chi connectivity index (χ3n) is 2.89. The summed E-state index contributed by atoms with van der Waals surface area (Å²) in [5.41, 5.74) is 0.851. The molecule has 1 amide bonds. The van der Waals surface area contributed by atoms with Crippen LogP contribution in [0.4, 0.5) is 11.8 Å². The minimum atomic E-state index is -0.307. The number of likely N-dealkylation sites (N-methyl/N-ethyl adjacent to an activating group) is 1. The Morgan fingerprint density at radius 3 is 2.53 bits per heavy atom. The lowest BCUT2D eigenvalue weighted by Gasteiger charge is -2.23. The van der Waals surface area contributed by atoms with Crippen molar-refractivity contribution < 1.29 is 4.79 Å². The van der Waals surface area contributed by atoms with Gasteiger partial charge in [0, 0.05) is 31.9 Å². The Balaban J connectivity index is 2.78. The molecule has 6 nitrogen and oxygen atoms in total. The van der Waals surface area contributed by atoms with Gasteiger partial charge < -0.3 is 15.5 Å². The summed E-state index contributed by atoms with van der Waals surface area (Å²) < 4.78 is 0. The summed E-state index contributed by atoms with van der Waals surface area (Å²) in [5, 5.41) is 6.02. The van der Waals surface area contributed by atoms with E-state index in [0.29, 0.717) is 24.9 Å². The van der Waals surface area contributed by atoms with Crippen molar-refractivity contribution >= 4 is 17.7 Å². The lowest BCUT2D eigenvalue weighted by molar-refractivity contribution is -0.131. The van der Waals surface area contributed by atoms with Gasteiger partial charge in [0.05, 0.1) is 0 Å². The highest BCUT2D eigenvalue weighted by Crippen LogP contribution is 2.11. The number of amides is 1. The molecular weight excluding hydrogens is 242 g/mol. The molecule has 0 aliphatic heterocycles. The predicted octanol–water partition coefficient (Wildman–Crippen LogP) is 1.50. The minimum absolute atomic E-state index is 0.0762. The predicted molar refractivity (Wildman–Crippen MR) is 77.3 cm³/mol. The molecule has 1 unspecified atom stereocenters. The van der Waals surface area contributed by atoms with E-state index in [4.69, 9.17) is 0 Å². The summed E-state index contributed by atoms with van der Waals surface area (Å²) in [6, 6.07) is 1.52. The second-order valence-corrected chi connectivity index (χ2v) is 4.34. The number of hydrogen-bond acceptors (Lipinski definition) is 5. The number of nitrogens with zero attached hydrogens (tertiary/aromatic N) is 3. The van der Waals surface area contributed by atoms with Crippen molar-refractivity contribution in [2.75, 3.05) is 30.8 Å². The van der Waals surface area contributed by atoms with E-state index in [2.05, 4.69) is 20.6 Å². The standard InChI is InChI=1S/C13H23N5O/c1-6-18(7-2)12(19)10(4)16-11-8-9(3)15-13(14-5)17-11/h8,10H,6-7H2,1-5H3,(H2,14,15,16,17). The maximum Gasteiger partial charge on any atom is 0.244 e. The lowest BCUT2D eigenvalue weighted by Crippen LogP contribution is -2.41. The van der Waals surface area contributed by atoms with Gasteiger partial charge >= 0.3 is 0 Å². The molecule has 0 saturated heterocycles. The molecule has 0 spiro atoms. The number of anilines is 2. The number of aryl methyl sites for hydroxylation is 1. The normalized spacial score (nSPS) is 11.8. The van der Waals surface area contributed by atoms with Gasteiger partial charge in [0.25, 0.3) is 0 Å². The Kier molecular flexibility index (Phi) is 5.54. The first-order valence-corrected chi connectivity index (χ1v) is 6.60. The van der Waals surface area contributed by atoms with E-state index in [1.807, 2.05) is 33.8 Å². The van der Waals surface area contributed by atoms with Crippen molar-refractivity contribution in [3.8, 4) is 0 Å². The van der Waals surface area contributed by atoms with E-state index in [0.717, 1.165) is 5.69 Å². The fourth-order valence-electron chi connectivity index (χ4n) is 1.85. The smallest absolute Gasteiger partial charge is 0.244 e. The summed E-state index contributed by atoms with van der Waals surface area (Å²) in [6.45, 7) is 9.11. The number of carbonyl (C=O) groups excluding carboxylic acids is 1. The van der Waals surface area contributed by atoms with E-state index in [1.54, 1.807) is 11.9 Å². The second kappa shape index (κ2) is 6.92. The van der Waals surface area contributed by atoms with E-state index >= 15 is 0 Å². The Bertz CT molecular complexity index is 431. The Hall–Kier alpha value is -1.85. The van der Waals surface area contributed by atoms with E-state index in [-0.39, 0.29) is 11.9 Å². The average molecular weight is 265 g/mol. The summed E-state index contributed by atoms with van der Waals surface area (Å²) in [5.74, 6) is 1.28. The first-order valence-electron chi connectivity index (χ1n) is 6.60. The van der Waals surface area contributed by atoms with Crippen molar-refractivity contribution in [3.63, 3.8) is 0 Å². The number of rotatable bonds is 6. The summed E-state index contributed by atoms with van der Waals surface area (Å²) >= 11 is 0. The zero-order chi connectivity index (χ0) is 14.4. The molecule has 0 fully saturated rings. The molecule has 0 radical (unpaired) electrons. The van der Waals surface area contributed by atoms with E-state index in [1.165, 1.54) is 0 Å². The van der Waals surface area contributed by atoms with Crippen LogP contribution in [0.3, 0.4) is 0 Å². The molecule has 1 aromatic heterocycles. The molecule has 1 heterocycles. The molecule has 1 rings (SSSR count). The molecule has 1 aromatic rings. The van der Waals surface area contributed by atoms with E-state index in [9.17, 15) is 4.79 Å². The van der Waals surface area contributed by atoms with Crippen LogP contribution in [0.1, 0.15) is 26.5 Å². The molecule has 1 atom stereocenters. The van der Waals surface area contributed by atoms with Crippen LogP contribution in [0.25, 0.3) is 0 Å². The highest BCUT2D eigenvalue weighted by atomic mass is 16.2. The summed E-state index contributed by atoms with van der Waals surface area (Å²) in [7, 11) is 1.77. The van der Waals surface area contributed by atoms with Crippen molar-refractivity contribution in [2.45, 2.75) is 33.7 Å². The fourth-order valence-corrected chi connectivity index (χ4v) is 1.85. The number of carbonyl (C=O) groups is 1. The van der Waals surface area contributed by atoms with Crippen LogP contribution in [0.2, 0.25) is 0 Å². The molecule has 2 N–H and O–H groups in total. The highest BCUT2D eigenvalue weighted by molar-refractivity contribution is 5.84. The first-order chi connectivity index (χ1) is 9.01. The average Bonchev–Trinajstić information content (AvgIpc) is 2.39. The minimum Gasteiger partial charge on any atom is -0.358 e. The quantitative estimate of drug-likeness (QED) is 0.815. The number of aromatic nitrogens is 2. The van der Waals surface area contributed by atoms with Gasteiger partial charge in [0.2, 0.25) is 11.9 Å². The largest absolute Gasteiger partial charge is 0.358 e. The van der Waals surface area contributed by atoms with Crippen molar-refractivity contribution in [1.82, 2.24) is 14.9 Å². The molecule has 0 aliphatic rings. The van der Waals surface area contributed by atoms with Gasteiger partial charge in [-0.25, -0.2) is 4.98 Å². The Labute approximate surface area is 114 Å². The molecule has 6 heteroatoms. The zero-order valence-electron chi connectivity index (χ0n) is 12.3. The van der Waals surface area contributed by atoms with Crippen LogP contribution >= 0.6 is 0 Å². The molecule has 0 aromatic carbocycles. The number of hydrogen-bond donors (Lipinski definition) is 2. The van der Waals surface area contributed by atoms with Gasteiger partial charge in [0.1, 0.15) is 11.9 Å². The van der Waals surface area contributed by atoms with Gasteiger partial charge in [-0.15, -0.1) is 0 Å². The topological polar surface area (TPSA) is 70.2 Å². The highest BCUT2D eigenvalue weighted by Gasteiger charge is 2.18. The molecular formula is C13H23N5O. The third-order valence-corrected chi connectivity index (χ3v) is 2.89. The first kappa shape index (κ1) is 15.2. The van der Waals surface area contributed by atoms with Crippen LogP contribution < -0.4 is 10.6 Å². The van der Waals surface area contributed by atoms with E-state index < -0.39 is 0 Å². The zero-order valence-corrected chi connectivity index (χ0v) is 12.3. The Morgan fingerprint density at radius 2 is 2.00 bits per heavy atom. The maximum absolute atomic E-state index is 12.2. The second-order valence-electron chi connectivity index (χ2n) is 4.34. The third kappa shape index (κ3) is 4.08. The molecule has 0 aliphatic carbocycles. The van der Waals surface area contributed by atoms with Gasteiger partial charge in [-0.1, -0.05) is 0 Å². The van der Waals surface area contributed by atoms with Crippen molar-refractivity contribution in [1.29, 1.82) is 0 Å². The lowest BCUT2D eigenvalue weighted by atomic mass is 10.2. The molecule has 19 heavy (non-hydrogen) atoms. The SMILES string of the molecule is CCN(CC)C(=O)C(C)Nc1cc(C)nc(NC)n1. The number of nitrogens with one attached hydrogen (secondary N) is 2. The molecule has 0 saturated carbocycles. The summed E-state index contributed by atoms with van der Waals surface area (Å²) in [4.78, 5) is 22.4. The van der Waals surface area contributed by atoms with Crippen LogP contribution in [-0.2, 0) is 4.79 Å². The van der Waals surface area contributed by atoms with Crippen LogP contribution in [0.15, 0.2) is 6.07 Å². The Morgan fingerprint density at radius 1 is 1.37 bits per heavy atom. The maximum atomic E-state index is 12.2. The van der Waals surface area contributed by atoms with Gasteiger partial charge in [-0.05, 0) is 27.7 Å². The van der Waals surface area contributed by atoms with Crippen LogP contribution in [0, 0.1) is 6.92 Å². The van der Waals surface area contributed by atoms with Crippen molar-refractivity contribution in [3.05, 3.63) is 11.8 Å².